The molecule has 1 N–H and O–H groups in total. The summed E-state index contributed by atoms with van der Waals surface area (Å²) in [6, 6.07) is 7.29. The third-order valence-corrected chi connectivity index (χ3v) is 7.14. The Kier molecular flexibility index (Phi) is 4.90. The van der Waals surface area contributed by atoms with E-state index in [1.807, 2.05) is 30.5 Å². The molecule has 3 rings (SSSR count). The quantitative estimate of drug-likeness (QED) is 0.692. The molecule has 0 spiro atoms. The SMILES string of the molecule is CCc1ccc(S(=O)(=O)NCCc2nc(-c3cccs3)no2)s1. The maximum absolute atomic E-state index is 12.2. The summed E-state index contributed by atoms with van der Waals surface area (Å²) in [5.74, 6) is 0.945. The molecule has 0 bridgehead atoms. The molecule has 0 radical (unpaired) electrons. The van der Waals surface area contributed by atoms with E-state index in [4.69, 9.17) is 4.52 Å². The van der Waals surface area contributed by atoms with Crippen LogP contribution in [-0.2, 0) is 22.9 Å². The first kappa shape index (κ1) is 16.3. The summed E-state index contributed by atoms with van der Waals surface area (Å²) in [4.78, 5) is 6.23. The number of nitrogens with one attached hydrogen (secondary N) is 1. The van der Waals surface area contributed by atoms with Gasteiger partial charge in [0, 0.05) is 17.8 Å². The second-order valence-electron chi connectivity index (χ2n) is 4.71. The van der Waals surface area contributed by atoms with Gasteiger partial charge in [-0.25, -0.2) is 13.1 Å². The molecule has 3 heterocycles. The predicted octanol–water partition coefficient (Wildman–Crippen LogP) is 2.94. The zero-order valence-corrected chi connectivity index (χ0v) is 14.8. The molecule has 6 nitrogen and oxygen atoms in total. The van der Waals surface area contributed by atoms with E-state index in [0.29, 0.717) is 22.3 Å². The van der Waals surface area contributed by atoms with Gasteiger partial charge in [-0.1, -0.05) is 18.1 Å². The number of sulfonamides is 1. The summed E-state index contributed by atoms with van der Waals surface area (Å²) in [5.41, 5.74) is 0. The fourth-order valence-electron chi connectivity index (χ4n) is 1.92. The van der Waals surface area contributed by atoms with E-state index in [-0.39, 0.29) is 6.54 Å². The van der Waals surface area contributed by atoms with E-state index < -0.39 is 10.0 Å². The van der Waals surface area contributed by atoms with Crippen LogP contribution in [-0.4, -0.2) is 25.1 Å². The summed E-state index contributed by atoms with van der Waals surface area (Å²) in [5, 5.41) is 5.83. The zero-order valence-electron chi connectivity index (χ0n) is 12.4. The van der Waals surface area contributed by atoms with E-state index >= 15 is 0 Å². The van der Waals surface area contributed by atoms with Gasteiger partial charge in [-0.3, -0.25) is 0 Å². The molecule has 0 fully saturated rings. The Balaban J connectivity index is 1.58. The highest BCUT2D eigenvalue weighted by atomic mass is 32.2. The number of aryl methyl sites for hydroxylation is 1. The van der Waals surface area contributed by atoms with E-state index in [9.17, 15) is 8.42 Å². The van der Waals surface area contributed by atoms with Crippen molar-refractivity contribution in [2.75, 3.05) is 6.54 Å². The molecule has 3 aromatic heterocycles. The van der Waals surface area contributed by atoms with Crippen LogP contribution in [0.5, 0.6) is 0 Å². The largest absolute Gasteiger partial charge is 0.339 e. The summed E-state index contributed by atoms with van der Waals surface area (Å²) >= 11 is 2.81. The number of rotatable bonds is 7. The maximum Gasteiger partial charge on any atom is 0.250 e. The minimum atomic E-state index is -3.48. The molecule has 0 unspecified atom stereocenters. The van der Waals surface area contributed by atoms with Crippen LogP contribution >= 0.6 is 22.7 Å². The Morgan fingerprint density at radius 1 is 1.30 bits per heavy atom. The molecule has 0 saturated carbocycles. The lowest BCUT2D eigenvalue weighted by molar-refractivity contribution is 0.379. The summed E-state index contributed by atoms with van der Waals surface area (Å²) in [6.07, 6.45) is 1.18. The van der Waals surface area contributed by atoms with Crippen LogP contribution in [0.1, 0.15) is 17.7 Å². The van der Waals surface area contributed by atoms with Crippen molar-refractivity contribution >= 4 is 32.7 Å². The Labute approximate surface area is 142 Å². The van der Waals surface area contributed by atoms with Gasteiger partial charge in [0.15, 0.2) is 0 Å². The maximum atomic E-state index is 12.2. The first-order valence-corrected chi connectivity index (χ1v) is 10.2. The van der Waals surface area contributed by atoms with E-state index in [0.717, 1.165) is 16.2 Å². The highest BCUT2D eigenvalue weighted by Gasteiger charge is 2.17. The van der Waals surface area contributed by atoms with Crippen molar-refractivity contribution < 1.29 is 12.9 Å². The Morgan fingerprint density at radius 3 is 2.87 bits per heavy atom. The number of aromatic nitrogens is 2. The van der Waals surface area contributed by atoms with Crippen LogP contribution in [0.3, 0.4) is 0 Å². The minimum absolute atomic E-state index is 0.216. The average molecular weight is 369 g/mol. The average Bonchev–Trinajstić information content (AvgIpc) is 3.27. The van der Waals surface area contributed by atoms with Gasteiger partial charge in [-0.2, -0.15) is 4.98 Å². The number of hydrogen-bond donors (Lipinski definition) is 1. The molecule has 0 aliphatic carbocycles. The fourth-order valence-corrected chi connectivity index (χ4v) is 4.94. The predicted molar refractivity (Wildman–Crippen MR) is 90.2 cm³/mol. The summed E-state index contributed by atoms with van der Waals surface area (Å²) in [6.45, 7) is 2.21. The molecule has 3 aromatic rings. The zero-order chi connectivity index (χ0) is 16.3. The number of thiophene rings is 2. The molecule has 0 saturated heterocycles. The Morgan fingerprint density at radius 2 is 2.17 bits per heavy atom. The van der Waals surface area contributed by atoms with Crippen LogP contribution in [0, 0.1) is 0 Å². The lowest BCUT2D eigenvalue weighted by Gasteiger charge is -2.02. The molecule has 122 valence electrons. The van der Waals surface area contributed by atoms with Gasteiger partial charge in [-0.15, -0.1) is 22.7 Å². The van der Waals surface area contributed by atoms with E-state index in [1.165, 1.54) is 22.7 Å². The monoisotopic (exact) mass is 369 g/mol. The van der Waals surface area contributed by atoms with E-state index in [1.54, 1.807) is 6.07 Å². The first-order valence-electron chi connectivity index (χ1n) is 7.03. The van der Waals surface area contributed by atoms with Gasteiger partial charge in [0.1, 0.15) is 4.21 Å². The molecule has 9 heteroatoms. The van der Waals surface area contributed by atoms with Crippen molar-refractivity contribution in [1.29, 1.82) is 0 Å². The molecular weight excluding hydrogens is 354 g/mol. The van der Waals surface area contributed by atoms with Gasteiger partial charge in [0.25, 0.3) is 0 Å². The lowest BCUT2D eigenvalue weighted by atomic mass is 10.4. The van der Waals surface area contributed by atoms with Crippen LogP contribution in [0.15, 0.2) is 38.4 Å². The summed E-state index contributed by atoms with van der Waals surface area (Å²) < 4.78 is 32.4. The van der Waals surface area contributed by atoms with Gasteiger partial charge < -0.3 is 4.52 Å². The molecule has 0 amide bonds. The molecule has 0 aromatic carbocycles. The molecule has 0 atom stereocenters. The topological polar surface area (TPSA) is 85.1 Å². The third kappa shape index (κ3) is 3.86. The van der Waals surface area contributed by atoms with Crippen molar-refractivity contribution in [3.05, 3.63) is 40.4 Å². The van der Waals surface area contributed by atoms with Gasteiger partial charge in [-0.05, 0) is 30.0 Å². The molecule has 0 aliphatic heterocycles. The highest BCUT2D eigenvalue weighted by Crippen LogP contribution is 2.22. The van der Waals surface area contributed by atoms with Crippen molar-refractivity contribution in [3.63, 3.8) is 0 Å². The Hall–Kier alpha value is -1.55. The normalized spacial score (nSPS) is 11.9. The second kappa shape index (κ2) is 6.91. The molecule has 0 aliphatic rings. The van der Waals surface area contributed by atoms with Gasteiger partial charge >= 0.3 is 0 Å². The van der Waals surface area contributed by atoms with E-state index in [2.05, 4.69) is 14.9 Å². The number of hydrogen-bond acceptors (Lipinski definition) is 7. The van der Waals surface area contributed by atoms with Gasteiger partial charge in [0.05, 0.1) is 4.88 Å². The minimum Gasteiger partial charge on any atom is -0.339 e. The van der Waals surface area contributed by atoms with Crippen molar-refractivity contribution in [3.8, 4) is 10.7 Å². The van der Waals surface area contributed by atoms with Crippen LogP contribution in [0.4, 0.5) is 0 Å². The van der Waals surface area contributed by atoms with Crippen LogP contribution in [0.2, 0.25) is 0 Å². The standard InChI is InChI=1S/C14H15N3O3S3/c1-2-10-5-6-13(22-10)23(18,19)15-8-7-12-16-14(17-20-12)11-4-3-9-21-11/h3-6,9,15H,2,7-8H2,1H3. The second-order valence-corrected chi connectivity index (χ2v) is 8.82. The molecule has 23 heavy (non-hydrogen) atoms. The first-order chi connectivity index (χ1) is 11.1. The highest BCUT2D eigenvalue weighted by molar-refractivity contribution is 7.91. The Bertz CT molecular complexity index is 866. The van der Waals surface area contributed by atoms with Gasteiger partial charge in [0.2, 0.25) is 21.7 Å². The number of nitrogens with zero attached hydrogens (tertiary/aromatic N) is 2. The lowest BCUT2D eigenvalue weighted by Crippen LogP contribution is -2.25. The van der Waals surface area contributed by atoms with Crippen LogP contribution < -0.4 is 4.72 Å². The third-order valence-electron chi connectivity index (χ3n) is 3.09. The summed E-state index contributed by atoms with van der Waals surface area (Å²) in [7, 11) is -3.48. The smallest absolute Gasteiger partial charge is 0.250 e. The van der Waals surface area contributed by atoms with Crippen molar-refractivity contribution in [2.45, 2.75) is 24.0 Å². The van der Waals surface area contributed by atoms with Crippen LogP contribution in [0.25, 0.3) is 10.7 Å². The molecular formula is C14H15N3O3S3. The fraction of sp³-hybridized carbons (Fsp3) is 0.286. The van der Waals surface area contributed by atoms with Crippen molar-refractivity contribution in [1.82, 2.24) is 14.9 Å². The van der Waals surface area contributed by atoms with Crippen molar-refractivity contribution in [2.24, 2.45) is 0 Å².